The van der Waals surface area contributed by atoms with Crippen LogP contribution in [0, 0.1) is 17.0 Å². The third kappa shape index (κ3) is 3.03. The predicted molar refractivity (Wildman–Crippen MR) is 77.4 cm³/mol. The van der Waals surface area contributed by atoms with Gasteiger partial charge in [0.15, 0.2) is 0 Å². The van der Waals surface area contributed by atoms with Crippen molar-refractivity contribution in [2.24, 2.45) is 0 Å². The second-order valence-corrected chi connectivity index (χ2v) is 5.03. The predicted octanol–water partition coefficient (Wildman–Crippen LogP) is 4.27. The summed E-state index contributed by atoms with van der Waals surface area (Å²) in [5.41, 5.74) is 1.09. The molecule has 0 saturated carbocycles. The number of rotatable bonds is 4. The number of aryl methyl sites for hydroxylation is 1. The molecular weight excluding hydrogens is 326 g/mol. The van der Waals surface area contributed by atoms with Gasteiger partial charge in [0.25, 0.3) is 0 Å². The Morgan fingerprint density at radius 1 is 1.20 bits per heavy atom. The fourth-order valence-corrected chi connectivity index (χ4v) is 1.99. The largest absolute Gasteiger partial charge is 0.450 e. The maximum Gasteiger partial charge on any atom is 0.312 e. The molecule has 0 saturated heterocycles. The molecule has 5 nitrogen and oxygen atoms in total. The molecule has 0 aliphatic rings. The molecule has 0 atom stereocenters. The van der Waals surface area contributed by atoms with Gasteiger partial charge < -0.3 is 4.74 Å². The maximum absolute atomic E-state index is 11.0. The van der Waals surface area contributed by atoms with Crippen molar-refractivity contribution in [1.82, 2.24) is 0 Å². The minimum atomic E-state index is -0.515. The number of carbonyl (C=O) groups excluding carboxylic acids is 1. The average molecular weight is 336 g/mol. The number of hydrogen-bond acceptors (Lipinski definition) is 4. The first-order chi connectivity index (χ1) is 9.51. The van der Waals surface area contributed by atoms with Crippen molar-refractivity contribution >= 4 is 27.9 Å². The minimum Gasteiger partial charge on any atom is -0.450 e. The first kappa shape index (κ1) is 14.2. The van der Waals surface area contributed by atoms with Crippen molar-refractivity contribution in [3.8, 4) is 11.5 Å². The van der Waals surface area contributed by atoms with Crippen LogP contribution in [0.1, 0.15) is 15.9 Å². The van der Waals surface area contributed by atoms with Gasteiger partial charge in [-0.2, -0.15) is 0 Å². The van der Waals surface area contributed by atoms with Crippen LogP contribution in [0.5, 0.6) is 11.5 Å². The zero-order valence-electron chi connectivity index (χ0n) is 10.5. The maximum atomic E-state index is 11.0. The molecule has 0 aliphatic heterocycles. The van der Waals surface area contributed by atoms with E-state index in [-0.39, 0.29) is 11.4 Å². The molecule has 2 rings (SSSR count). The third-order valence-corrected chi connectivity index (χ3v) is 3.18. The molecule has 0 amide bonds. The molecule has 0 fully saturated rings. The Balaban J connectivity index is 2.44. The van der Waals surface area contributed by atoms with Gasteiger partial charge in [-0.25, -0.2) is 0 Å². The number of carbonyl (C=O) groups is 1. The smallest absolute Gasteiger partial charge is 0.312 e. The Labute approximate surface area is 123 Å². The average Bonchev–Trinajstić information content (AvgIpc) is 2.42. The number of nitrogens with zero attached hydrogens (tertiary/aromatic N) is 1. The van der Waals surface area contributed by atoms with Crippen LogP contribution in [0.3, 0.4) is 0 Å². The summed E-state index contributed by atoms with van der Waals surface area (Å²) in [6.45, 7) is 1.80. The Kier molecular flexibility index (Phi) is 4.14. The number of aldehydes is 1. The van der Waals surface area contributed by atoms with Crippen LogP contribution >= 0.6 is 15.9 Å². The molecule has 0 N–H and O–H groups in total. The highest BCUT2D eigenvalue weighted by atomic mass is 79.9. The standard InChI is InChI=1S/C14H10BrNO4/c1-9-2-3-10(8-17)6-14(9)20-13-5-4-11(15)7-12(13)16(18)19/h2-8H,1H3. The van der Waals surface area contributed by atoms with Gasteiger partial charge in [0.05, 0.1) is 4.92 Å². The van der Waals surface area contributed by atoms with Crippen molar-refractivity contribution in [2.75, 3.05) is 0 Å². The minimum absolute atomic E-state index is 0.129. The Hall–Kier alpha value is -2.21. The van der Waals surface area contributed by atoms with Gasteiger partial charge in [-0.15, -0.1) is 0 Å². The zero-order valence-corrected chi connectivity index (χ0v) is 12.1. The van der Waals surface area contributed by atoms with E-state index in [1.54, 1.807) is 31.2 Å². The molecule has 0 bridgehead atoms. The molecule has 0 unspecified atom stereocenters. The van der Waals surface area contributed by atoms with E-state index in [1.165, 1.54) is 12.1 Å². The number of benzene rings is 2. The lowest BCUT2D eigenvalue weighted by atomic mass is 10.1. The first-order valence-corrected chi connectivity index (χ1v) is 6.48. The molecule has 102 valence electrons. The fourth-order valence-electron chi connectivity index (χ4n) is 1.64. The van der Waals surface area contributed by atoms with Gasteiger partial charge in [0.1, 0.15) is 12.0 Å². The van der Waals surface area contributed by atoms with Crippen LogP contribution in [0.15, 0.2) is 40.9 Å². The van der Waals surface area contributed by atoms with E-state index in [2.05, 4.69) is 15.9 Å². The molecule has 0 aliphatic carbocycles. The van der Waals surface area contributed by atoms with Gasteiger partial charge in [-0.1, -0.05) is 28.1 Å². The lowest BCUT2D eigenvalue weighted by Crippen LogP contribution is -1.95. The quantitative estimate of drug-likeness (QED) is 0.475. The van der Waals surface area contributed by atoms with Crippen molar-refractivity contribution in [3.05, 3.63) is 62.1 Å². The molecule has 2 aromatic carbocycles. The number of ether oxygens (including phenoxy) is 1. The topological polar surface area (TPSA) is 69.4 Å². The van der Waals surface area contributed by atoms with E-state index in [1.807, 2.05) is 0 Å². The van der Waals surface area contributed by atoms with Gasteiger partial charge in [-0.05, 0) is 30.7 Å². The third-order valence-electron chi connectivity index (χ3n) is 2.69. The molecule has 0 radical (unpaired) electrons. The highest BCUT2D eigenvalue weighted by Gasteiger charge is 2.17. The Morgan fingerprint density at radius 2 is 1.95 bits per heavy atom. The summed E-state index contributed by atoms with van der Waals surface area (Å²) in [6.07, 6.45) is 0.697. The number of hydrogen-bond donors (Lipinski definition) is 0. The van der Waals surface area contributed by atoms with E-state index >= 15 is 0 Å². The zero-order chi connectivity index (χ0) is 14.7. The summed E-state index contributed by atoms with van der Waals surface area (Å²) < 4.78 is 6.17. The fraction of sp³-hybridized carbons (Fsp3) is 0.0714. The van der Waals surface area contributed by atoms with Crippen LogP contribution < -0.4 is 4.74 Å². The lowest BCUT2D eigenvalue weighted by molar-refractivity contribution is -0.385. The van der Waals surface area contributed by atoms with Crippen LogP contribution in [0.2, 0.25) is 0 Å². The van der Waals surface area contributed by atoms with E-state index in [0.717, 1.165) is 5.56 Å². The summed E-state index contributed by atoms with van der Waals surface area (Å²) in [4.78, 5) is 21.3. The SMILES string of the molecule is Cc1ccc(C=O)cc1Oc1ccc(Br)cc1[N+](=O)[O-]. The molecule has 0 aromatic heterocycles. The number of nitro benzene ring substituents is 1. The van der Waals surface area contributed by atoms with Crippen molar-refractivity contribution < 1.29 is 14.5 Å². The van der Waals surface area contributed by atoms with Gasteiger partial charge in [0.2, 0.25) is 5.75 Å². The molecule has 20 heavy (non-hydrogen) atoms. The van der Waals surface area contributed by atoms with Crippen molar-refractivity contribution in [1.29, 1.82) is 0 Å². The highest BCUT2D eigenvalue weighted by Crippen LogP contribution is 2.35. The second kappa shape index (κ2) is 5.83. The van der Waals surface area contributed by atoms with E-state index < -0.39 is 4.92 Å². The molecule has 6 heteroatoms. The first-order valence-electron chi connectivity index (χ1n) is 5.69. The van der Waals surface area contributed by atoms with Crippen LogP contribution in [-0.2, 0) is 0 Å². The van der Waals surface area contributed by atoms with Crippen LogP contribution in [0.4, 0.5) is 5.69 Å². The Morgan fingerprint density at radius 3 is 2.60 bits per heavy atom. The van der Waals surface area contributed by atoms with E-state index in [9.17, 15) is 14.9 Å². The van der Waals surface area contributed by atoms with Gasteiger partial charge in [-0.3, -0.25) is 14.9 Å². The monoisotopic (exact) mass is 335 g/mol. The summed E-state index contributed by atoms with van der Waals surface area (Å²) >= 11 is 3.18. The Bertz CT molecular complexity index is 685. The summed E-state index contributed by atoms with van der Waals surface area (Å²) in [5, 5.41) is 11.0. The number of halogens is 1. The molecule has 0 heterocycles. The highest BCUT2D eigenvalue weighted by molar-refractivity contribution is 9.10. The van der Waals surface area contributed by atoms with E-state index in [0.29, 0.717) is 22.1 Å². The number of nitro groups is 1. The summed E-state index contributed by atoms with van der Waals surface area (Å²) in [5.74, 6) is 0.546. The summed E-state index contributed by atoms with van der Waals surface area (Å²) in [7, 11) is 0. The molecule has 0 spiro atoms. The second-order valence-electron chi connectivity index (χ2n) is 4.11. The molecular formula is C14H10BrNO4. The normalized spacial score (nSPS) is 10.1. The van der Waals surface area contributed by atoms with Gasteiger partial charge >= 0.3 is 5.69 Å². The van der Waals surface area contributed by atoms with Crippen molar-refractivity contribution in [3.63, 3.8) is 0 Å². The van der Waals surface area contributed by atoms with Crippen LogP contribution in [0.25, 0.3) is 0 Å². The van der Waals surface area contributed by atoms with Crippen LogP contribution in [-0.4, -0.2) is 11.2 Å². The van der Waals surface area contributed by atoms with Gasteiger partial charge in [0, 0.05) is 16.1 Å². The van der Waals surface area contributed by atoms with Crippen molar-refractivity contribution in [2.45, 2.75) is 6.92 Å². The molecule has 2 aromatic rings. The summed E-state index contributed by atoms with van der Waals surface area (Å²) in [6, 6.07) is 9.47. The lowest BCUT2D eigenvalue weighted by Gasteiger charge is -2.09. The van der Waals surface area contributed by atoms with E-state index in [4.69, 9.17) is 4.74 Å².